The number of anilines is 1. The Morgan fingerprint density at radius 2 is 1.94 bits per heavy atom. The van der Waals surface area contributed by atoms with Gasteiger partial charge < -0.3 is 14.5 Å². The summed E-state index contributed by atoms with van der Waals surface area (Å²) < 4.78 is 39.3. The van der Waals surface area contributed by atoms with Crippen LogP contribution < -0.4 is 14.8 Å². The lowest BCUT2D eigenvalue weighted by Gasteiger charge is -2.26. The van der Waals surface area contributed by atoms with E-state index >= 15 is 0 Å². The van der Waals surface area contributed by atoms with Gasteiger partial charge in [0.1, 0.15) is 11.5 Å². The quantitative estimate of drug-likeness (QED) is 0.451. The average molecular weight is 504 g/mol. The predicted molar refractivity (Wildman–Crippen MR) is 130 cm³/mol. The summed E-state index contributed by atoms with van der Waals surface area (Å²) in [6.07, 6.45) is 3.83. The number of rotatable bonds is 9. The van der Waals surface area contributed by atoms with Crippen molar-refractivity contribution in [3.8, 4) is 5.75 Å². The first-order valence-corrected chi connectivity index (χ1v) is 12.8. The summed E-state index contributed by atoms with van der Waals surface area (Å²) in [5.74, 6) is 0.749. The second-order valence-corrected chi connectivity index (χ2v) is 10.1. The molecule has 3 aromatic rings. The van der Waals surface area contributed by atoms with E-state index in [-0.39, 0.29) is 28.1 Å². The molecule has 10 heteroatoms. The maximum absolute atomic E-state index is 13.0. The zero-order chi connectivity index (χ0) is 24.1. The number of hydrogen-bond acceptors (Lipinski definition) is 6. The summed E-state index contributed by atoms with van der Waals surface area (Å²) in [5, 5.41) is 3.28. The Hall–Kier alpha value is -3.01. The number of benzene rings is 2. The van der Waals surface area contributed by atoms with Crippen LogP contribution in [0.5, 0.6) is 5.75 Å². The van der Waals surface area contributed by atoms with E-state index in [1.165, 1.54) is 31.4 Å². The lowest BCUT2D eigenvalue weighted by molar-refractivity contribution is 0.0933. The Balaban J connectivity index is 1.49. The zero-order valence-electron chi connectivity index (χ0n) is 18.7. The van der Waals surface area contributed by atoms with Crippen molar-refractivity contribution in [2.45, 2.75) is 23.8 Å². The van der Waals surface area contributed by atoms with Gasteiger partial charge in [-0.2, -0.15) is 0 Å². The van der Waals surface area contributed by atoms with Gasteiger partial charge in [-0.1, -0.05) is 17.7 Å². The van der Waals surface area contributed by atoms with Crippen molar-refractivity contribution in [1.82, 2.24) is 10.2 Å². The van der Waals surface area contributed by atoms with Crippen LogP contribution in [0.15, 0.2) is 70.2 Å². The Morgan fingerprint density at radius 1 is 1.15 bits per heavy atom. The minimum absolute atomic E-state index is 0.0516. The smallest absolute Gasteiger partial charge is 0.262 e. The van der Waals surface area contributed by atoms with Gasteiger partial charge in [-0.25, -0.2) is 8.42 Å². The predicted octanol–water partition coefficient (Wildman–Crippen LogP) is 4.31. The Bertz CT molecular complexity index is 1240. The van der Waals surface area contributed by atoms with Crippen LogP contribution in [-0.2, 0) is 10.0 Å². The number of halogens is 1. The highest BCUT2D eigenvalue weighted by atomic mass is 35.5. The van der Waals surface area contributed by atoms with E-state index in [9.17, 15) is 13.2 Å². The van der Waals surface area contributed by atoms with Gasteiger partial charge in [0.25, 0.3) is 15.9 Å². The number of hydrogen-bond donors (Lipinski definition) is 2. The summed E-state index contributed by atoms with van der Waals surface area (Å²) >= 11 is 6.01. The normalized spacial score (nSPS) is 15.1. The van der Waals surface area contributed by atoms with Crippen molar-refractivity contribution < 1.29 is 22.4 Å². The number of ether oxygens (including phenoxy) is 1. The van der Waals surface area contributed by atoms with E-state index < -0.39 is 10.0 Å². The standard InChI is InChI=1S/C24H26ClN3O5S/c1-32-22-10-9-18(25)15-20(22)27-34(30,31)19-7-4-6-17(14-19)24(29)26-16-21(23-8-5-13-33-23)28-11-2-3-12-28/h4-10,13-15,21,27H,2-3,11-12,16H2,1H3,(H,26,29)/t21-/m1/s1. The molecule has 0 unspecified atom stereocenters. The van der Waals surface area contributed by atoms with Gasteiger partial charge in [-0.15, -0.1) is 0 Å². The number of methoxy groups -OCH3 is 1. The fraction of sp³-hybridized carbons (Fsp3) is 0.292. The first kappa shape index (κ1) is 24.1. The number of sulfonamides is 1. The molecule has 4 rings (SSSR count). The first-order chi connectivity index (χ1) is 16.4. The maximum atomic E-state index is 13.0. The molecule has 2 heterocycles. The fourth-order valence-corrected chi connectivity index (χ4v) is 5.28. The number of carbonyl (C=O) groups excluding carboxylic acids is 1. The molecule has 180 valence electrons. The fourth-order valence-electron chi connectivity index (χ4n) is 4.00. The van der Waals surface area contributed by atoms with Gasteiger partial charge in [0.05, 0.1) is 30.0 Å². The summed E-state index contributed by atoms with van der Waals surface area (Å²) in [5.41, 5.74) is 0.442. The molecular weight excluding hydrogens is 478 g/mol. The summed E-state index contributed by atoms with van der Waals surface area (Å²) in [7, 11) is -2.56. The topological polar surface area (TPSA) is 101 Å². The van der Waals surface area contributed by atoms with Crippen LogP contribution in [0.2, 0.25) is 5.02 Å². The highest BCUT2D eigenvalue weighted by molar-refractivity contribution is 7.92. The van der Waals surface area contributed by atoms with Crippen LogP contribution in [0.1, 0.15) is 35.0 Å². The largest absolute Gasteiger partial charge is 0.495 e. The second kappa shape index (κ2) is 10.5. The SMILES string of the molecule is COc1ccc(Cl)cc1NS(=O)(=O)c1cccc(C(=O)NC[C@H](c2ccco2)N2CCCC2)c1. The highest BCUT2D eigenvalue weighted by Gasteiger charge is 2.26. The number of likely N-dealkylation sites (tertiary alicyclic amines) is 1. The Morgan fingerprint density at radius 3 is 2.65 bits per heavy atom. The minimum Gasteiger partial charge on any atom is -0.495 e. The van der Waals surface area contributed by atoms with Gasteiger partial charge in [-0.3, -0.25) is 14.4 Å². The molecule has 1 amide bonds. The summed E-state index contributed by atoms with van der Waals surface area (Å²) in [4.78, 5) is 15.1. The molecule has 2 N–H and O–H groups in total. The molecule has 0 spiro atoms. The third-order valence-electron chi connectivity index (χ3n) is 5.72. The van der Waals surface area contributed by atoms with E-state index in [1.54, 1.807) is 24.5 Å². The van der Waals surface area contributed by atoms with Gasteiger partial charge in [-0.05, 0) is 74.5 Å². The lowest BCUT2D eigenvalue weighted by Crippen LogP contribution is -2.36. The molecule has 34 heavy (non-hydrogen) atoms. The molecule has 1 atom stereocenters. The van der Waals surface area contributed by atoms with Crippen molar-refractivity contribution in [2.24, 2.45) is 0 Å². The molecule has 1 fully saturated rings. The van der Waals surface area contributed by atoms with Crippen molar-refractivity contribution in [3.05, 3.63) is 77.2 Å². The second-order valence-electron chi connectivity index (χ2n) is 7.96. The summed E-state index contributed by atoms with van der Waals surface area (Å²) in [6.45, 7) is 2.22. The van der Waals surface area contributed by atoms with E-state index in [1.807, 2.05) is 12.1 Å². The van der Waals surface area contributed by atoms with Crippen LogP contribution >= 0.6 is 11.6 Å². The third kappa shape index (κ3) is 5.55. The number of furan rings is 1. The number of nitrogens with one attached hydrogen (secondary N) is 2. The van der Waals surface area contributed by atoms with E-state index in [4.69, 9.17) is 20.8 Å². The van der Waals surface area contributed by atoms with E-state index in [2.05, 4.69) is 14.9 Å². The first-order valence-electron chi connectivity index (χ1n) is 10.9. The van der Waals surface area contributed by atoms with Crippen molar-refractivity contribution >= 4 is 33.2 Å². The molecule has 2 aromatic carbocycles. The van der Waals surface area contributed by atoms with Gasteiger partial charge in [0, 0.05) is 17.1 Å². The zero-order valence-corrected chi connectivity index (χ0v) is 20.2. The van der Waals surface area contributed by atoms with Gasteiger partial charge >= 0.3 is 0 Å². The molecule has 0 bridgehead atoms. The monoisotopic (exact) mass is 503 g/mol. The molecule has 1 aliphatic heterocycles. The number of amides is 1. The molecule has 0 radical (unpaired) electrons. The average Bonchev–Trinajstić information content (AvgIpc) is 3.54. The van der Waals surface area contributed by atoms with Crippen LogP contribution in [0.4, 0.5) is 5.69 Å². The van der Waals surface area contributed by atoms with Gasteiger partial charge in [0.2, 0.25) is 0 Å². The summed E-state index contributed by atoms with van der Waals surface area (Å²) in [6, 6.07) is 14.1. The van der Waals surface area contributed by atoms with Crippen LogP contribution in [-0.4, -0.2) is 46.0 Å². The van der Waals surface area contributed by atoms with Crippen molar-refractivity contribution in [2.75, 3.05) is 31.5 Å². The molecule has 0 saturated carbocycles. The van der Waals surface area contributed by atoms with Crippen molar-refractivity contribution in [3.63, 3.8) is 0 Å². The number of carbonyl (C=O) groups is 1. The molecule has 1 saturated heterocycles. The molecule has 8 nitrogen and oxygen atoms in total. The maximum Gasteiger partial charge on any atom is 0.262 e. The van der Waals surface area contributed by atoms with E-state index in [0.717, 1.165) is 31.7 Å². The molecule has 1 aliphatic rings. The molecule has 1 aromatic heterocycles. The van der Waals surface area contributed by atoms with Crippen molar-refractivity contribution in [1.29, 1.82) is 0 Å². The Labute approximate surface area is 203 Å². The molecule has 0 aliphatic carbocycles. The third-order valence-corrected chi connectivity index (χ3v) is 7.32. The highest BCUT2D eigenvalue weighted by Crippen LogP contribution is 2.30. The van der Waals surface area contributed by atoms with E-state index in [0.29, 0.717) is 17.3 Å². The van der Waals surface area contributed by atoms with Gasteiger partial charge in [0.15, 0.2) is 0 Å². The minimum atomic E-state index is -3.99. The van der Waals surface area contributed by atoms with Crippen LogP contribution in [0.3, 0.4) is 0 Å². The van der Waals surface area contributed by atoms with Crippen LogP contribution in [0, 0.1) is 0 Å². The molecular formula is C24H26ClN3O5S. The lowest BCUT2D eigenvalue weighted by atomic mass is 10.1. The number of nitrogens with zero attached hydrogens (tertiary/aromatic N) is 1. The Kier molecular flexibility index (Phi) is 7.45. The van der Waals surface area contributed by atoms with Crippen LogP contribution in [0.25, 0.3) is 0 Å².